The Labute approximate surface area is 114 Å². The van der Waals surface area contributed by atoms with Gasteiger partial charge in [-0.05, 0) is 12.1 Å². The van der Waals surface area contributed by atoms with E-state index in [9.17, 15) is 0 Å². The lowest BCUT2D eigenvalue weighted by Crippen LogP contribution is -2.30. The minimum atomic E-state index is -0.696. The van der Waals surface area contributed by atoms with Crippen LogP contribution >= 0.6 is 40.2 Å². The van der Waals surface area contributed by atoms with Gasteiger partial charge in [-0.3, -0.25) is 0 Å². The molecule has 1 heterocycles. The zero-order valence-corrected chi connectivity index (χ0v) is 11.8. The Morgan fingerprint density at radius 2 is 2.12 bits per heavy atom. The zero-order valence-electron chi connectivity index (χ0n) is 8.53. The number of hydrogen-bond acceptors (Lipinski definition) is 3. The molecule has 0 unspecified atom stereocenters. The minimum Gasteiger partial charge on any atom is -0.342 e. The highest BCUT2D eigenvalue weighted by molar-refractivity contribution is 9.09. The molecule has 0 N–H and O–H groups in total. The molecular formula is C11H12BrClO2S. The predicted octanol–water partition coefficient (Wildman–Crippen LogP) is 3.23. The van der Waals surface area contributed by atoms with E-state index in [1.165, 1.54) is 0 Å². The monoisotopic (exact) mass is 322 g/mol. The van der Waals surface area contributed by atoms with E-state index in [4.69, 9.17) is 21.1 Å². The van der Waals surface area contributed by atoms with Crippen LogP contribution < -0.4 is 0 Å². The van der Waals surface area contributed by atoms with E-state index in [0.717, 1.165) is 5.56 Å². The van der Waals surface area contributed by atoms with Crippen molar-refractivity contribution in [3.63, 3.8) is 0 Å². The van der Waals surface area contributed by atoms with Crippen molar-refractivity contribution in [3.8, 4) is 0 Å². The quantitative estimate of drug-likeness (QED) is 0.680. The molecule has 1 aliphatic rings. The molecule has 2 atom stereocenters. The first-order valence-corrected chi connectivity index (χ1v) is 7.08. The Morgan fingerprint density at radius 1 is 1.44 bits per heavy atom. The predicted molar refractivity (Wildman–Crippen MR) is 71.6 cm³/mol. The number of rotatable bonds is 3. The van der Waals surface area contributed by atoms with Crippen LogP contribution in [-0.2, 0) is 15.3 Å². The van der Waals surface area contributed by atoms with Gasteiger partial charge in [-0.15, -0.1) is 0 Å². The Bertz CT molecular complexity index is 360. The van der Waals surface area contributed by atoms with Crippen molar-refractivity contribution in [2.75, 3.05) is 17.7 Å². The van der Waals surface area contributed by atoms with Gasteiger partial charge in [0.15, 0.2) is 0 Å². The largest absolute Gasteiger partial charge is 0.342 e. The molecule has 0 aliphatic carbocycles. The summed E-state index contributed by atoms with van der Waals surface area (Å²) in [6, 6.07) is 7.51. The van der Waals surface area contributed by atoms with Crippen molar-refractivity contribution >= 4 is 40.2 Å². The third-order valence-corrected chi connectivity index (χ3v) is 3.92. The summed E-state index contributed by atoms with van der Waals surface area (Å²) in [5.74, 6) is -0.0413. The first-order chi connectivity index (χ1) is 7.70. The third-order valence-electron chi connectivity index (χ3n) is 2.52. The topological polar surface area (TPSA) is 18.5 Å². The molecule has 1 aromatic carbocycles. The van der Waals surface area contributed by atoms with Gasteiger partial charge in [0, 0.05) is 16.3 Å². The van der Waals surface area contributed by atoms with Gasteiger partial charge < -0.3 is 9.47 Å². The summed E-state index contributed by atoms with van der Waals surface area (Å²) in [6.45, 7) is 0.567. The van der Waals surface area contributed by atoms with Crippen molar-refractivity contribution in [2.24, 2.45) is 0 Å². The summed E-state index contributed by atoms with van der Waals surface area (Å²) in [4.78, 5) is 0. The van der Waals surface area contributed by atoms with Crippen molar-refractivity contribution in [1.29, 1.82) is 0 Å². The summed E-state index contributed by atoms with van der Waals surface area (Å²) in [7, 11) is 0. The highest BCUT2D eigenvalue weighted by Crippen LogP contribution is 2.36. The highest BCUT2D eigenvalue weighted by Gasteiger charge is 2.41. The Kier molecular flexibility index (Phi) is 4.19. The van der Waals surface area contributed by atoms with E-state index in [-0.39, 0.29) is 6.10 Å². The summed E-state index contributed by atoms with van der Waals surface area (Å²) in [5.41, 5.74) is 0.970. The van der Waals surface area contributed by atoms with Crippen molar-refractivity contribution in [3.05, 3.63) is 34.9 Å². The zero-order chi connectivity index (χ0) is 11.6. The van der Waals surface area contributed by atoms with Crippen molar-refractivity contribution < 1.29 is 9.47 Å². The van der Waals surface area contributed by atoms with Gasteiger partial charge in [0.25, 0.3) is 0 Å². The van der Waals surface area contributed by atoms with Crippen LogP contribution in [0.2, 0.25) is 5.02 Å². The molecule has 1 aliphatic heterocycles. The highest BCUT2D eigenvalue weighted by atomic mass is 79.9. The summed E-state index contributed by atoms with van der Waals surface area (Å²) in [6.07, 6.45) is 0.0385. The SMILES string of the molecule is SC[C@H]1CO[C@](CBr)(c2ccc(Cl)cc2)O1. The van der Waals surface area contributed by atoms with Gasteiger partial charge in [-0.1, -0.05) is 39.7 Å². The fourth-order valence-electron chi connectivity index (χ4n) is 1.66. The van der Waals surface area contributed by atoms with E-state index in [0.29, 0.717) is 22.7 Å². The number of hydrogen-bond donors (Lipinski definition) is 1. The number of ether oxygens (including phenoxy) is 2. The van der Waals surface area contributed by atoms with E-state index < -0.39 is 5.79 Å². The lowest BCUT2D eigenvalue weighted by Gasteiger charge is -2.26. The van der Waals surface area contributed by atoms with Crippen LogP contribution in [0.3, 0.4) is 0 Å². The maximum atomic E-state index is 5.88. The van der Waals surface area contributed by atoms with Crippen molar-refractivity contribution in [1.82, 2.24) is 0 Å². The van der Waals surface area contributed by atoms with Crippen LogP contribution in [-0.4, -0.2) is 23.8 Å². The summed E-state index contributed by atoms with van der Waals surface area (Å²) >= 11 is 13.5. The number of benzene rings is 1. The molecule has 0 radical (unpaired) electrons. The lowest BCUT2D eigenvalue weighted by atomic mass is 10.1. The number of thiol groups is 1. The van der Waals surface area contributed by atoms with Crippen molar-refractivity contribution in [2.45, 2.75) is 11.9 Å². The molecule has 2 rings (SSSR count). The van der Waals surface area contributed by atoms with Crippen LogP contribution in [0, 0.1) is 0 Å². The average Bonchev–Trinajstić information content (AvgIpc) is 2.75. The molecule has 1 saturated heterocycles. The molecule has 16 heavy (non-hydrogen) atoms. The van der Waals surface area contributed by atoms with E-state index in [1.807, 2.05) is 24.3 Å². The molecule has 0 amide bonds. The van der Waals surface area contributed by atoms with Gasteiger partial charge in [0.1, 0.15) is 0 Å². The average molecular weight is 324 g/mol. The van der Waals surface area contributed by atoms with E-state index >= 15 is 0 Å². The summed E-state index contributed by atoms with van der Waals surface area (Å²) < 4.78 is 11.6. The van der Waals surface area contributed by atoms with Gasteiger partial charge in [-0.25, -0.2) is 0 Å². The number of halogens is 2. The second-order valence-electron chi connectivity index (χ2n) is 3.63. The van der Waals surface area contributed by atoms with Crippen LogP contribution in [0.1, 0.15) is 5.56 Å². The van der Waals surface area contributed by atoms with Gasteiger partial charge in [0.2, 0.25) is 5.79 Å². The molecule has 1 fully saturated rings. The molecule has 2 nitrogen and oxygen atoms in total. The fraction of sp³-hybridized carbons (Fsp3) is 0.455. The standard InChI is InChI=1S/C11H12BrClO2S/c12-7-11(14-5-10(6-16)15-11)8-1-3-9(13)4-2-8/h1-4,10,16H,5-7H2/t10-,11+/m1/s1. The first-order valence-electron chi connectivity index (χ1n) is 4.95. The molecule has 5 heteroatoms. The third kappa shape index (κ3) is 2.41. The molecule has 1 aromatic rings. The fourth-order valence-corrected chi connectivity index (χ4v) is 2.58. The smallest absolute Gasteiger partial charge is 0.205 e. The second kappa shape index (κ2) is 5.27. The molecule has 88 valence electrons. The van der Waals surface area contributed by atoms with E-state index in [2.05, 4.69) is 28.6 Å². The molecule has 0 bridgehead atoms. The minimum absolute atomic E-state index is 0.0385. The number of alkyl halides is 1. The maximum Gasteiger partial charge on any atom is 0.205 e. The van der Waals surface area contributed by atoms with Gasteiger partial charge >= 0.3 is 0 Å². The summed E-state index contributed by atoms with van der Waals surface area (Å²) in [5, 5.41) is 1.29. The van der Waals surface area contributed by atoms with Crippen LogP contribution in [0.4, 0.5) is 0 Å². The van der Waals surface area contributed by atoms with Gasteiger partial charge in [0.05, 0.1) is 18.0 Å². The van der Waals surface area contributed by atoms with Gasteiger partial charge in [-0.2, -0.15) is 12.6 Å². The molecule has 0 aromatic heterocycles. The molecule has 0 spiro atoms. The maximum absolute atomic E-state index is 5.88. The van der Waals surface area contributed by atoms with Crippen LogP contribution in [0.15, 0.2) is 24.3 Å². The van der Waals surface area contributed by atoms with Crippen LogP contribution in [0.5, 0.6) is 0 Å². The van der Waals surface area contributed by atoms with Crippen LogP contribution in [0.25, 0.3) is 0 Å². The Hall–Kier alpha value is 0.260. The Balaban J connectivity index is 2.25. The second-order valence-corrected chi connectivity index (χ2v) is 4.99. The van der Waals surface area contributed by atoms with E-state index in [1.54, 1.807) is 0 Å². The molecular weight excluding hydrogens is 312 g/mol. The Morgan fingerprint density at radius 3 is 2.62 bits per heavy atom. The normalized spacial score (nSPS) is 29.6. The first kappa shape index (κ1) is 12.7. The molecule has 0 saturated carbocycles. The lowest BCUT2D eigenvalue weighted by molar-refractivity contribution is -0.154.